The third kappa shape index (κ3) is 3.56. The first-order valence-corrected chi connectivity index (χ1v) is 8.71. The minimum Gasteiger partial charge on any atom is -0.492 e. The number of para-hydroxylation sites is 1. The van der Waals surface area contributed by atoms with Gasteiger partial charge in [0.1, 0.15) is 0 Å². The molecule has 27 heavy (non-hydrogen) atoms. The molecule has 0 atom stereocenters. The van der Waals surface area contributed by atoms with E-state index in [2.05, 4.69) is 15.3 Å². The molecule has 8 heteroatoms. The molecule has 0 saturated carbocycles. The van der Waals surface area contributed by atoms with Crippen molar-refractivity contribution >= 4 is 45.7 Å². The third-order valence-electron chi connectivity index (χ3n) is 3.92. The van der Waals surface area contributed by atoms with Gasteiger partial charge in [0.25, 0.3) is 0 Å². The molecule has 136 valence electrons. The van der Waals surface area contributed by atoms with Crippen molar-refractivity contribution in [2.45, 2.75) is 6.18 Å². The van der Waals surface area contributed by atoms with Crippen molar-refractivity contribution in [3.05, 3.63) is 64.5 Å². The number of benzene rings is 2. The number of rotatable bonds is 3. The summed E-state index contributed by atoms with van der Waals surface area (Å²) in [5.74, 6) is -0.195. The van der Waals surface area contributed by atoms with Crippen LogP contribution in [0, 0.1) is 0 Å². The molecule has 0 saturated heterocycles. The Kier molecular flexibility index (Phi) is 4.19. The monoisotopic (exact) mass is 387 g/mol. The number of hydrogen-bond acceptors (Lipinski definition) is 5. The van der Waals surface area contributed by atoms with E-state index in [1.165, 1.54) is 12.1 Å². The Morgan fingerprint density at radius 2 is 1.89 bits per heavy atom. The molecule has 2 heterocycles. The van der Waals surface area contributed by atoms with Crippen molar-refractivity contribution in [1.82, 2.24) is 4.98 Å². The number of fused-ring (bicyclic) bond motifs is 1. The van der Waals surface area contributed by atoms with Crippen LogP contribution in [-0.2, 0) is 6.18 Å². The van der Waals surface area contributed by atoms with E-state index in [0.29, 0.717) is 10.0 Å². The van der Waals surface area contributed by atoms with Crippen molar-refractivity contribution in [2.24, 2.45) is 4.99 Å². The van der Waals surface area contributed by atoms with E-state index >= 15 is 0 Å². The molecule has 2 aromatic carbocycles. The Morgan fingerprint density at radius 1 is 1.07 bits per heavy atom. The Hall–Kier alpha value is -3.13. The van der Waals surface area contributed by atoms with E-state index in [4.69, 9.17) is 0 Å². The highest BCUT2D eigenvalue weighted by atomic mass is 32.1. The van der Waals surface area contributed by atoms with E-state index in [1.807, 2.05) is 24.3 Å². The largest absolute Gasteiger partial charge is 0.492 e. The van der Waals surface area contributed by atoms with E-state index in [-0.39, 0.29) is 11.6 Å². The molecule has 0 unspecified atom stereocenters. The lowest BCUT2D eigenvalue weighted by atomic mass is 10.1. The van der Waals surface area contributed by atoms with Gasteiger partial charge in [0, 0.05) is 23.0 Å². The number of anilines is 2. The Bertz CT molecular complexity index is 1070. The Balaban J connectivity index is 1.60. The number of aliphatic imine (C=N–C) groups is 1. The van der Waals surface area contributed by atoms with Crippen LogP contribution in [0.15, 0.2) is 53.5 Å². The highest BCUT2D eigenvalue weighted by Crippen LogP contribution is 2.37. The first kappa shape index (κ1) is 17.3. The topological polar surface area (TPSA) is 57.5 Å². The van der Waals surface area contributed by atoms with Crippen LogP contribution in [0.3, 0.4) is 0 Å². The van der Waals surface area contributed by atoms with Gasteiger partial charge in [-0.1, -0.05) is 35.6 Å². The van der Waals surface area contributed by atoms with E-state index in [0.717, 1.165) is 40.3 Å². The molecular weight excluding hydrogens is 375 g/mol. The third-order valence-corrected chi connectivity index (χ3v) is 4.83. The number of alkyl halides is 3. The Morgan fingerprint density at radius 3 is 2.70 bits per heavy atom. The van der Waals surface area contributed by atoms with Crippen molar-refractivity contribution in [2.75, 3.05) is 5.32 Å². The normalized spacial score (nSPS) is 14.6. The van der Waals surface area contributed by atoms with Crippen LogP contribution in [0.5, 0.6) is 5.88 Å². The highest BCUT2D eigenvalue weighted by Gasteiger charge is 2.30. The van der Waals surface area contributed by atoms with Gasteiger partial charge < -0.3 is 10.4 Å². The summed E-state index contributed by atoms with van der Waals surface area (Å²) >= 11 is 1.14. The van der Waals surface area contributed by atoms with Crippen LogP contribution in [-0.4, -0.2) is 16.3 Å². The molecule has 3 aromatic rings. The first-order valence-electron chi connectivity index (χ1n) is 7.89. The average molecular weight is 387 g/mol. The maximum atomic E-state index is 12.8. The van der Waals surface area contributed by atoms with Crippen LogP contribution >= 0.6 is 11.3 Å². The zero-order valence-electron chi connectivity index (χ0n) is 13.7. The average Bonchev–Trinajstić information content (AvgIpc) is 3.19. The SMILES string of the molecule is Oc1nc(Nc2cccc(C(F)(F)F)c2)sc1/C=C1/C=Nc2ccccc21. The van der Waals surface area contributed by atoms with Crippen LogP contribution in [0.1, 0.15) is 16.0 Å². The molecule has 0 spiro atoms. The van der Waals surface area contributed by atoms with Gasteiger partial charge in [-0.25, -0.2) is 0 Å². The lowest BCUT2D eigenvalue weighted by Crippen LogP contribution is -2.05. The molecule has 1 aliphatic heterocycles. The summed E-state index contributed by atoms with van der Waals surface area (Å²) < 4.78 is 38.5. The molecule has 0 aliphatic carbocycles. The minimum atomic E-state index is -4.42. The summed E-state index contributed by atoms with van der Waals surface area (Å²) in [6, 6.07) is 12.4. The van der Waals surface area contributed by atoms with Crippen LogP contribution in [0.25, 0.3) is 11.6 Å². The smallest absolute Gasteiger partial charge is 0.416 e. The van der Waals surface area contributed by atoms with Gasteiger partial charge in [-0.15, -0.1) is 0 Å². The highest BCUT2D eigenvalue weighted by molar-refractivity contribution is 7.16. The predicted octanol–water partition coefficient (Wildman–Crippen LogP) is 5.87. The molecule has 1 aromatic heterocycles. The van der Waals surface area contributed by atoms with Gasteiger partial charge in [0.05, 0.1) is 16.1 Å². The number of aromatic nitrogens is 1. The fraction of sp³-hybridized carbons (Fsp3) is 0.0526. The summed E-state index contributed by atoms with van der Waals surface area (Å²) in [5.41, 5.74) is 2.10. The number of hydrogen-bond donors (Lipinski definition) is 2. The second-order valence-corrected chi connectivity index (χ2v) is 6.82. The van der Waals surface area contributed by atoms with Gasteiger partial charge in [-0.3, -0.25) is 4.99 Å². The van der Waals surface area contributed by atoms with Crippen molar-refractivity contribution in [3.63, 3.8) is 0 Å². The second kappa shape index (κ2) is 6.55. The molecule has 0 bridgehead atoms. The molecule has 1 aliphatic rings. The first-order chi connectivity index (χ1) is 12.9. The van der Waals surface area contributed by atoms with Gasteiger partial charge in [-0.2, -0.15) is 18.2 Å². The number of thiazole rings is 1. The van der Waals surface area contributed by atoms with Gasteiger partial charge in [0.2, 0.25) is 5.88 Å². The Labute approximate surface area is 156 Å². The molecule has 4 nitrogen and oxygen atoms in total. The van der Waals surface area contributed by atoms with Crippen LogP contribution < -0.4 is 5.32 Å². The lowest BCUT2D eigenvalue weighted by Gasteiger charge is -2.08. The number of nitrogens with one attached hydrogen (secondary N) is 1. The van der Waals surface area contributed by atoms with Crippen LogP contribution in [0.2, 0.25) is 0 Å². The zero-order chi connectivity index (χ0) is 19.0. The molecule has 2 N–H and O–H groups in total. The zero-order valence-corrected chi connectivity index (χ0v) is 14.5. The maximum Gasteiger partial charge on any atom is 0.416 e. The molecule has 4 rings (SSSR count). The summed E-state index contributed by atoms with van der Waals surface area (Å²) in [7, 11) is 0. The standard InChI is InChI=1S/C19H12F3N3OS/c20-19(21,22)12-4-3-5-13(9-12)24-18-25-17(26)16(27-18)8-11-10-23-15-7-2-1-6-14(11)15/h1-10,26H,(H,24,25)/b11-8-. The number of nitrogens with zero attached hydrogens (tertiary/aromatic N) is 2. The number of halogens is 3. The van der Waals surface area contributed by atoms with Crippen LogP contribution in [0.4, 0.5) is 29.7 Å². The molecular formula is C19H12F3N3OS. The number of aromatic hydroxyl groups is 1. The maximum absolute atomic E-state index is 12.8. The van der Waals surface area contributed by atoms with E-state index in [9.17, 15) is 18.3 Å². The summed E-state index contributed by atoms with van der Waals surface area (Å²) in [4.78, 5) is 8.78. The van der Waals surface area contributed by atoms with Gasteiger partial charge in [0.15, 0.2) is 5.13 Å². The van der Waals surface area contributed by atoms with Gasteiger partial charge >= 0.3 is 6.18 Å². The van der Waals surface area contributed by atoms with E-state index < -0.39 is 11.7 Å². The van der Waals surface area contributed by atoms with Crippen molar-refractivity contribution in [3.8, 4) is 5.88 Å². The fourth-order valence-corrected chi connectivity index (χ4v) is 3.50. The quantitative estimate of drug-likeness (QED) is 0.591. The number of allylic oxidation sites excluding steroid dienone is 1. The van der Waals surface area contributed by atoms with E-state index in [1.54, 1.807) is 12.3 Å². The fourth-order valence-electron chi connectivity index (χ4n) is 2.66. The molecule has 0 fully saturated rings. The summed E-state index contributed by atoms with van der Waals surface area (Å²) in [5, 5.41) is 13.2. The summed E-state index contributed by atoms with van der Waals surface area (Å²) in [6.07, 6.45) is -0.975. The van der Waals surface area contributed by atoms with Crippen molar-refractivity contribution in [1.29, 1.82) is 0 Å². The minimum absolute atomic E-state index is 0.195. The van der Waals surface area contributed by atoms with Crippen molar-refractivity contribution < 1.29 is 18.3 Å². The van der Waals surface area contributed by atoms with Gasteiger partial charge in [-0.05, 0) is 30.3 Å². The predicted molar refractivity (Wildman–Crippen MR) is 101 cm³/mol. The molecule has 0 amide bonds. The lowest BCUT2D eigenvalue weighted by molar-refractivity contribution is -0.137. The second-order valence-electron chi connectivity index (χ2n) is 5.79. The summed E-state index contributed by atoms with van der Waals surface area (Å²) in [6.45, 7) is 0. The molecule has 0 radical (unpaired) electrons.